The Hall–Kier alpha value is -1.17. The first-order chi connectivity index (χ1) is 27.9. The molecule has 0 aliphatic carbocycles. The van der Waals surface area contributed by atoms with Crippen LogP contribution in [0.1, 0.15) is 285 Å². The number of hydrogen-bond donors (Lipinski definition) is 0. The van der Waals surface area contributed by atoms with E-state index in [2.05, 4.69) is 25.7 Å². The van der Waals surface area contributed by atoms with E-state index in [0.717, 1.165) is 43.6 Å². The molecule has 57 heavy (non-hydrogen) atoms. The van der Waals surface area contributed by atoms with Crippen molar-refractivity contribution >= 4 is 29.1 Å². The van der Waals surface area contributed by atoms with Gasteiger partial charge in [0, 0.05) is 19.4 Å². The quantitative estimate of drug-likeness (QED) is 0.0346. The molecule has 0 amide bonds. The third-order valence-electron chi connectivity index (χ3n) is 11.8. The molecule has 0 aliphatic rings. The molecule has 0 spiro atoms. The lowest BCUT2D eigenvalue weighted by Gasteiger charge is -2.28. The number of unbranched alkanes of at least 4 members (excludes halogenated alkanes) is 35. The van der Waals surface area contributed by atoms with Crippen molar-refractivity contribution in [3.05, 3.63) is 0 Å². The highest BCUT2D eigenvalue weighted by Crippen LogP contribution is 2.17. The molecule has 0 N–H and O–H groups in total. The van der Waals surface area contributed by atoms with Crippen LogP contribution in [0, 0.1) is 0 Å². The smallest absolute Gasteiger partial charge is 0.306 e. The summed E-state index contributed by atoms with van der Waals surface area (Å²) in [5.41, 5.74) is 0. The number of rotatable bonds is 46. The van der Waals surface area contributed by atoms with Gasteiger partial charge in [-0.05, 0) is 26.2 Å². The first-order valence-corrected chi connectivity index (χ1v) is 26.0. The molecule has 0 saturated heterocycles. The minimum absolute atomic E-state index is 0.110. The maximum Gasteiger partial charge on any atom is 0.306 e. The third kappa shape index (κ3) is 42.8. The lowest BCUT2D eigenvalue weighted by atomic mass is 10.0. The molecule has 1 unspecified atom stereocenters. The van der Waals surface area contributed by atoms with Gasteiger partial charge in [-0.25, -0.2) is 0 Å². The maximum absolute atomic E-state index is 13.0. The summed E-state index contributed by atoms with van der Waals surface area (Å²) in [6, 6.07) is 0. The number of carbonyl (C=O) groups is 2. The molecule has 0 aliphatic heterocycles. The topological polar surface area (TPSA) is 55.8 Å². The second-order valence-corrected chi connectivity index (χ2v) is 18.2. The SMILES string of the molecule is CCCCCCCCCCCCCCCC(=O)OCC(CN(CCCCCCCCCCCCCC)C(C)=S)OC(=O)CCCCCCCCCCCCCCC. The second-order valence-electron chi connectivity index (χ2n) is 17.6. The van der Waals surface area contributed by atoms with Crippen LogP contribution >= 0.6 is 12.2 Å². The minimum atomic E-state index is -0.495. The standard InChI is InChI=1S/C51H99NO4S/c1-5-8-11-14-17-20-23-26-28-31-34-37-40-43-50(53)55-47-49(56-51(54)44-41-38-35-32-29-27-24-21-18-15-12-9-6-2)46-52(48(4)57)45-42-39-36-33-30-25-22-19-16-13-10-7-3/h49H,5-47H2,1-4H3. The summed E-state index contributed by atoms with van der Waals surface area (Å²) in [6.45, 7) is 10.2. The van der Waals surface area contributed by atoms with E-state index in [4.69, 9.17) is 21.7 Å². The van der Waals surface area contributed by atoms with Crippen LogP contribution < -0.4 is 0 Å². The molecule has 1 atom stereocenters. The van der Waals surface area contributed by atoms with Gasteiger partial charge in [0.1, 0.15) is 6.61 Å². The van der Waals surface area contributed by atoms with Crippen LogP contribution in [0.15, 0.2) is 0 Å². The Kier molecular flexibility index (Phi) is 45.0. The molecular weight excluding hydrogens is 723 g/mol. The Balaban J connectivity index is 4.55. The molecule has 0 rings (SSSR count). The third-order valence-corrected chi connectivity index (χ3v) is 12.1. The maximum atomic E-state index is 13.0. The van der Waals surface area contributed by atoms with Gasteiger partial charge in [0.2, 0.25) is 0 Å². The van der Waals surface area contributed by atoms with Gasteiger partial charge in [-0.1, -0.05) is 258 Å². The zero-order chi connectivity index (χ0) is 41.7. The number of hydrogen-bond acceptors (Lipinski definition) is 5. The van der Waals surface area contributed by atoms with E-state index in [1.165, 1.54) is 212 Å². The second kappa shape index (κ2) is 45.9. The van der Waals surface area contributed by atoms with Crippen molar-refractivity contribution in [3.63, 3.8) is 0 Å². The Bertz CT molecular complexity index is 866. The van der Waals surface area contributed by atoms with Crippen LogP contribution in [0.5, 0.6) is 0 Å². The number of thiocarbonyl (C=S) groups is 1. The summed E-state index contributed by atoms with van der Waals surface area (Å²) in [5, 5.41) is 0. The van der Waals surface area contributed by atoms with Gasteiger partial charge in [0.05, 0.1) is 11.5 Å². The average molecular weight is 822 g/mol. The van der Waals surface area contributed by atoms with Crippen LogP contribution in [0.3, 0.4) is 0 Å². The Morgan fingerprint density at radius 1 is 0.421 bits per heavy atom. The van der Waals surface area contributed by atoms with E-state index >= 15 is 0 Å². The fraction of sp³-hybridized carbons (Fsp3) is 0.941. The molecule has 0 aromatic carbocycles. The van der Waals surface area contributed by atoms with Gasteiger partial charge < -0.3 is 14.4 Å². The van der Waals surface area contributed by atoms with Crippen molar-refractivity contribution in [2.24, 2.45) is 0 Å². The van der Waals surface area contributed by atoms with Gasteiger partial charge in [0.25, 0.3) is 0 Å². The van der Waals surface area contributed by atoms with Gasteiger partial charge in [-0.3, -0.25) is 9.59 Å². The molecule has 0 aromatic rings. The monoisotopic (exact) mass is 822 g/mol. The molecule has 0 heterocycles. The van der Waals surface area contributed by atoms with Gasteiger partial charge >= 0.3 is 11.9 Å². The number of carbonyl (C=O) groups excluding carboxylic acids is 2. The van der Waals surface area contributed by atoms with Gasteiger partial charge in [-0.15, -0.1) is 0 Å². The normalized spacial score (nSPS) is 11.9. The molecule has 338 valence electrons. The first kappa shape index (κ1) is 55.8. The number of nitrogens with zero attached hydrogens (tertiary/aromatic N) is 1. The molecule has 0 fully saturated rings. The average Bonchev–Trinajstić information content (AvgIpc) is 3.20. The molecule has 0 aromatic heterocycles. The Morgan fingerprint density at radius 2 is 0.702 bits per heavy atom. The van der Waals surface area contributed by atoms with Crippen molar-refractivity contribution in [2.45, 2.75) is 291 Å². The van der Waals surface area contributed by atoms with E-state index in [0.29, 0.717) is 19.4 Å². The first-order valence-electron chi connectivity index (χ1n) is 25.5. The molecule has 0 bridgehead atoms. The van der Waals surface area contributed by atoms with Crippen LogP contribution in [0.4, 0.5) is 0 Å². The van der Waals surface area contributed by atoms with E-state index < -0.39 is 6.10 Å². The minimum Gasteiger partial charge on any atom is -0.462 e. The van der Waals surface area contributed by atoms with Crippen molar-refractivity contribution < 1.29 is 19.1 Å². The van der Waals surface area contributed by atoms with Crippen molar-refractivity contribution in [2.75, 3.05) is 19.7 Å². The van der Waals surface area contributed by atoms with E-state index in [1.807, 2.05) is 6.92 Å². The fourth-order valence-electron chi connectivity index (χ4n) is 7.97. The summed E-state index contributed by atoms with van der Waals surface area (Å²) in [6.07, 6.45) is 49.5. The zero-order valence-electron chi connectivity index (χ0n) is 39.0. The Morgan fingerprint density at radius 3 is 1.02 bits per heavy atom. The molecular formula is C51H99NO4S. The number of esters is 2. The highest BCUT2D eigenvalue weighted by Gasteiger charge is 2.21. The van der Waals surface area contributed by atoms with Gasteiger partial charge in [-0.2, -0.15) is 0 Å². The predicted octanol–water partition coefficient (Wildman–Crippen LogP) is 16.8. The summed E-state index contributed by atoms with van der Waals surface area (Å²) < 4.78 is 11.8. The molecule has 5 nitrogen and oxygen atoms in total. The molecule has 0 saturated carbocycles. The summed E-state index contributed by atoms with van der Waals surface area (Å²) in [4.78, 5) is 28.8. The van der Waals surface area contributed by atoms with Crippen molar-refractivity contribution in [3.8, 4) is 0 Å². The summed E-state index contributed by atoms with van der Waals surface area (Å²) >= 11 is 5.65. The zero-order valence-corrected chi connectivity index (χ0v) is 39.8. The molecule has 0 radical (unpaired) electrons. The van der Waals surface area contributed by atoms with Gasteiger partial charge in [0.15, 0.2) is 6.10 Å². The van der Waals surface area contributed by atoms with E-state index in [-0.39, 0.29) is 18.5 Å². The van der Waals surface area contributed by atoms with E-state index in [9.17, 15) is 9.59 Å². The Labute approximate surface area is 362 Å². The summed E-state index contributed by atoms with van der Waals surface area (Å²) in [5.74, 6) is -0.356. The lowest BCUT2D eigenvalue weighted by molar-refractivity contribution is -0.159. The van der Waals surface area contributed by atoms with E-state index in [1.54, 1.807) is 0 Å². The molecule has 6 heteroatoms. The number of ether oxygens (including phenoxy) is 2. The van der Waals surface area contributed by atoms with Crippen LogP contribution in [0.2, 0.25) is 0 Å². The van der Waals surface area contributed by atoms with Crippen LogP contribution in [0.25, 0.3) is 0 Å². The van der Waals surface area contributed by atoms with Crippen molar-refractivity contribution in [1.29, 1.82) is 0 Å². The summed E-state index contributed by atoms with van der Waals surface area (Å²) in [7, 11) is 0. The predicted molar refractivity (Wildman–Crippen MR) is 252 cm³/mol. The highest BCUT2D eigenvalue weighted by atomic mass is 32.1. The highest BCUT2D eigenvalue weighted by molar-refractivity contribution is 7.80. The largest absolute Gasteiger partial charge is 0.462 e. The van der Waals surface area contributed by atoms with Crippen molar-refractivity contribution in [1.82, 2.24) is 4.90 Å². The lowest BCUT2D eigenvalue weighted by Crippen LogP contribution is -2.40. The fourth-order valence-corrected chi connectivity index (χ4v) is 8.13. The van der Waals surface area contributed by atoms with Crippen LogP contribution in [-0.2, 0) is 19.1 Å². The van der Waals surface area contributed by atoms with Crippen LogP contribution in [-0.4, -0.2) is 47.6 Å².